The first-order valence-corrected chi connectivity index (χ1v) is 4.45. The molecule has 2 rings (SSSR count). The molecule has 1 aliphatic heterocycles. The summed E-state index contributed by atoms with van der Waals surface area (Å²) in [6, 6.07) is 4.60. The van der Waals surface area contributed by atoms with Crippen LogP contribution in [0.25, 0.3) is 0 Å². The van der Waals surface area contributed by atoms with Crippen LogP contribution in [0.3, 0.4) is 0 Å². The summed E-state index contributed by atoms with van der Waals surface area (Å²) in [4.78, 5) is 0. The fraction of sp³-hybridized carbons (Fsp3) is 0.300. The van der Waals surface area contributed by atoms with Gasteiger partial charge in [0.25, 0.3) is 0 Å². The number of ether oxygens (including phenoxy) is 1. The fourth-order valence-electron chi connectivity index (χ4n) is 1.54. The summed E-state index contributed by atoms with van der Waals surface area (Å²) < 4.78 is 18.5. The summed E-state index contributed by atoms with van der Waals surface area (Å²) >= 11 is 0. The Labute approximate surface area is 80.8 Å². The molecule has 1 aromatic carbocycles. The van der Waals surface area contributed by atoms with Gasteiger partial charge in [-0.1, -0.05) is 11.2 Å². The van der Waals surface area contributed by atoms with Crippen LogP contribution in [0.2, 0.25) is 0 Å². The molecule has 0 spiro atoms. The Morgan fingerprint density at radius 2 is 2.29 bits per heavy atom. The van der Waals surface area contributed by atoms with E-state index >= 15 is 0 Å². The molecule has 1 aliphatic rings. The molecule has 0 aromatic heterocycles. The van der Waals surface area contributed by atoms with E-state index in [1.54, 1.807) is 12.1 Å². The van der Waals surface area contributed by atoms with Gasteiger partial charge in [0.15, 0.2) is 11.6 Å². The van der Waals surface area contributed by atoms with Gasteiger partial charge in [0.05, 0.1) is 12.3 Å². The molecule has 0 radical (unpaired) electrons. The number of rotatable bonds is 0. The van der Waals surface area contributed by atoms with E-state index in [9.17, 15) is 4.39 Å². The summed E-state index contributed by atoms with van der Waals surface area (Å²) in [5.74, 6) is -0.219. The van der Waals surface area contributed by atoms with Crippen LogP contribution in [-0.2, 0) is 0 Å². The maximum atomic E-state index is 13.3. The number of oxime groups is 1. The van der Waals surface area contributed by atoms with Crippen molar-refractivity contribution in [2.45, 2.75) is 12.8 Å². The molecule has 0 aliphatic carbocycles. The Kier molecular flexibility index (Phi) is 2.35. The van der Waals surface area contributed by atoms with Crippen LogP contribution in [0.1, 0.15) is 18.4 Å². The normalized spacial score (nSPS) is 18.5. The maximum Gasteiger partial charge on any atom is 0.165 e. The molecule has 14 heavy (non-hydrogen) atoms. The van der Waals surface area contributed by atoms with Crippen LogP contribution in [-0.4, -0.2) is 17.5 Å². The number of hydrogen-bond acceptors (Lipinski definition) is 3. The molecule has 74 valence electrons. The standard InChI is InChI=1S/C10H10FNO2/c11-8-4-1-3-7-9(12-13)5-2-6-14-10(7)8/h1,3-4,13H,2,5-6H2/b12-9+. The highest BCUT2D eigenvalue weighted by atomic mass is 19.1. The fourth-order valence-corrected chi connectivity index (χ4v) is 1.54. The van der Waals surface area contributed by atoms with Crippen LogP contribution >= 0.6 is 0 Å². The molecule has 0 amide bonds. The Hall–Kier alpha value is -1.58. The van der Waals surface area contributed by atoms with E-state index in [1.165, 1.54) is 6.07 Å². The van der Waals surface area contributed by atoms with Crippen LogP contribution in [0.15, 0.2) is 23.4 Å². The molecule has 3 nitrogen and oxygen atoms in total. The molecule has 0 unspecified atom stereocenters. The van der Waals surface area contributed by atoms with E-state index in [-0.39, 0.29) is 5.75 Å². The van der Waals surface area contributed by atoms with E-state index in [2.05, 4.69) is 5.16 Å². The summed E-state index contributed by atoms with van der Waals surface area (Å²) in [6.45, 7) is 0.451. The average Bonchev–Trinajstić information content (AvgIpc) is 2.40. The van der Waals surface area contributed by atoms with Crippen molar-refractivity contribution in [1.82, 2.24) is 0 Å². The maximum absolute atomic E-state index is 13.3. The van der Waals surface area contributed by atoms with Crippen LogP contribution in [0, 0.1) is 5.82 Å². The van der Waals surface area contributed by atoms with E-state index in [1.807, 2.05) is 0 Å². The Bertz CT molecular complexity index is 376. The van der Waals surface area contributed by atoms with Crippen molar-refractivity contribution in [3.8, 4) is 5.75 Å². The van der Waals surface area contributed by atoms with Gasteiger partial charge in [0.1, 0.15) is 0 Å². The highest BCUT2D eigenvalue weighted by Gasteiger charge is 2.18. The van der Waals surface area contributed by atoms with Gasteiger partial charge in [-0.15, -0.1) is 0 Å². The van der Waals surface area contributed by atoms with Crippen molar-refractivity contribution in [1.29, 1.82) is 0 Å². The second-order valence-electron chi connectivity index (χ2n) is 3.12. The lowest BCUT2D eigenvalue weighted by atomic mass is 10.1. The first-order chi connectivity index (χ1) is 6.83. The van der Waals surface area contributed by atoms with Gasteiger partial charge in [0.2, 0.25) is 0 Å². The number of hydrogen-bond donors (Lipinski definition) is 1. The van der Waals surface area contributed by atoms with Gasteiger partial charge in [-0.25, -0.2) is 4.39 Å². The lowest BCUT2D eigenvalue weighted by molar-refractivity contribution is 0.301. The van der Waals surface area contributed by atoms with E-state index < -0.39 is 5.82 Å². The van der Waals surface area contributed by atoms with E-state index in [0.717, 1.165) is 6.42 Å². The minimum absolute atomic E-state index is 0.192. The zero-order chi connectivity index (χ0) is 9.97. The molecule has 1 N–H and O–H groups in total. The lowest BCUT2D eigenvalue weighted by Crippen LogP contribution is -2.00. The summed E-state index contributed by atoms with van der Waals surface area (Å²) in [5, 5.41) is 11.9. The number of halogens is 1. The molecular formula is C10H10FNO2. The Balaban J connectivity index is 2.55. The number of para-hydroxylation sites is 1. The molecule has 4 heteroatoms. The second-order valence-corrected chi connectivity index (χ2v) is 3.12. The Morgan fingerprint density at radius 1 is 1.43 bits per heavy atom. The minimum Gasteiger partial charge on any atom is -0.490 e. The van der Waals surface area contributed by atoms with Gasteiger partial charge in [-0.2, -0.15) is 0 Å². The highest BCUT2D eigenvalue weighted by Crippen LogP contribution is 2.27. The molecule has 1 heterocycles. The van der Waals surface area contributed by atoms with Gasteiger partial charge in [0, 0.05) is 5.56 Å². The zero-order valence-corrected chi connectivity index (χ0v) is 7.53. The van der Waals surface area contributed by atoms with Gasteiger partial charge >= 0.3 is 0 Å². The first-order valence-electron chi connectivity index (χ1n) is 4.45. The molecule has 0 saturated heterocycles. The summed E-state index contributed by atoms with van der Waals surface area (Å²) in [5.41, 5.74) is 1.03. The number of nitrogens with zero attached hydrogens (tertiary/aromatic N) is 1. The predicted octanol–water partition coefficient (Wildman–Crippen LogP) is 2.18. The quantitative estimate of drug-likeness (QED) is 0.509. The largest absolute Gasteiger partial charge is 0.490 e. The zero-order valence-electron chi connectivity index (χ0n) is 7.53. The lowest BCUT2D eigenvalue weighted by Gasteiger charge is -2.07. The molecule has 0 saturated carbocycles. The van der Waals surface area contributed by atoms with Crippen LogP contribution in [0.5, 0.6) is 5.75 Å². The number of fused-ring (bicyclic) bond motifs is 1. The first kappa shape index (κ1) is 8.99. The molecule has 1 aromatic rings. The smallest absolute Gasteiger partial charge is 0.165 e. The monoisotopic (exact) mass is 195 g/mol. The third-order valence-electron chi connectivity index (χ3n) is 2.20. The highest BCUT2D eigenvalue weighted by molar-refractivity contribution is 6.02. The third-order valence-corrected chi connectivity index (χ3v) is 2.20. The topological polar surface area (TPSA) is 41.8 Å². The van der Waals surface area contributed by atoms with Crippen LogP contribution < -0.4 is 4.74 Å². The average molecular weight is 195 g/mol. The van der Waals surface area contributed by atoms with Gasteiger partial charge in [-0.3, -0.25) is 0 Å². The van der Waals surface area contributed by atoms with Crippen molar-refractivity contribution in [2.75, 3.05) is 6.61 Å². The van der Waals surface area contributed by atoms with Gasteiger partial charge in [-0.05, 0) is 25.0 Å². The molecular weight excluding hydrogens is 185 g/mol. The van der Waals surface area contributed by atoms with Crippen molar-refractivity contribution < 1.29 is 14.3 Å². The van der Waals surface area contributed by atoms with Crippen molar-refractivity contribution in [3.05, 3.63) is 29.6 Å². The minimum atomic E-state index is -0.412. The van der Waals surface area contributed by atoms with E-state index in [0.29, 0.717) is 24.3 Å². The molecule has 0 atom stereocenters. The van der Waals surface area contributed by atoms with Gasteiger partial charge < -0.3 is 9.94 Å². The SMILES string of the molecule is O/N=C1\CCCOc2c(F)cccc21. The third kappa shape index (κ3) is 1.43. The summed E-state index contributed by atoms with van der Waals surface area (Å²) in [7, 11) is 0. The molecule has 0 fully saturated rings. The van der Waals surface area contributed by atoms with Crippen molar-refractivity contribution >= 4 is 5.71 Å². The van der Waals surface area contributed by atoms with Crippen molar-refractivity contribution in [3.63, 3.8) is 0 Å². The molecule has 0 bridgehead atoms. The van der Waals surface area contributed by atoms with Crippen molar-refractivity contribution in [2.24, 2.45) is 5.16 Å². The summed E-state index contributed by atoms with van der Waals surface area (Å²) in [6.07, 6.45) is 1.33. The second kappa shape index (κ2) is 3.65. The van der Waals surface area contributed by atoms with Crippen LogP contribution in [0.4, 0.5) is 4.39 Å². The Morgan fingerprint density at radius 3 is 3.07 bits per heavy atom. The number of benzene rings is 1. The van der Waals surface area contributed by atoms with E-state index in [4.69, 9.17) is 9.94 Å². The predicted molar refractivity (Wildman–Crippen MR) is 49.5 cm³/mol.